The third-order valence-corrected chi connectivity index (χ3v) is 2.62. The third kappa shape index (κ3) is 5.68. The molecule has 1 aromatic rings. The molecule has 0 spiro atoms. The first-order chi connectivity index (χ1) is 8.74. The first kappa shape index (κ1) is 14.5. The van der Waals surface area contributed by atoms with Crippen LogP contribution in [0.4, 0.5) is 0 Å². The number of rotatable bonds is 9. The summed E-state index contributed by atoms with van der Waals surface area (Å²) >= 11 is 0. The van der Waals surface area contributed by atoms with Gasteiger partial charge in [-0.25, -0.2) is 0 Å². The monoisotopic (exact) mass is 252 g/mol. The average molecular weight is 252 g/mol. The van der Waals surface area contributed by atoms with Crippen molar-refractivity contribution in [1.29, 1.82) is 0 Å². The Morgan fingerprint density at radius 3 is 2.56 bits per heavy atom. The molecule has 0 saturated carbocycles. The Labute approximate surface area is 107 Å². The SMILES string of the molecule is O=C(O)Cc1ccccc1OCCCCCCO. The fraction of sp³-hybridized carbons (Fsp3) is 0.500. The van der Waals surface area contributed by atoms with Crippen molar-refractivity contribution in [2.45, 2.75) is 32.1 Å². The number of hydrogen-bond donors (Lipinski definition) is 2. The van der Waals surface area contributed by atoms with Crippen LogP contribution in [0.5, 0.6) is 5.75 Å². The molecule has 0 radical (unpaired) electrons. The zero-order valence-corrected chi connectivity index (χ0v) is 10.5. The molecule has 0 aliphatic rings. The van der Waals surface area contributed by atoms with Gasteiger partial charge in [0.2, 0.25) is 0 Å². The van der Waals surface area contributed by atoms with Crippen molar-refractivity contribution in [2.75, 3.05) is 13.2 Å². The molecule has 4 heteroatoms. The summed E-state index contributed by atoms with van der Waals surface area (Å²) in [7, 11) is 0. The molecule has 1 aromatic carbocycles. The van der Waals surface area contributed by atoms with Crippen molar-refractivity contribution in [1.82, 2.24) is 0 Å². The Bertz CT molecular complexity index is 363. The van der Waals surface area contributed by atoms with Gasteiger partial charge in [-0.15, -0.1) is 0 Å². The van der Waals surface area contributed by atoms with E-state index in [0.29, 0.717) is 17.9 Å². The van der Waals surface area contributed by atoms with Gasteiger partial charge in [0.05, 0.1) is 13.0 Å². The summed E-state index contributed by atoms with van der Waals surface area (Å²) in [6.45, 7) is 0.824. The number of aliphatic hydroxyl groups is 1. The highest BCUT2D eigenvalue weighted by molar-refractivity contribution is 5.71. The van der Waals surface area contributed by atoms with E-state index in [2.05, 4.69) is 0 Å². The summed E-state index contributed by atoms with van der Waals surface area (Å²) in [5.74, 6) is -0.198. The molecular formula is C14H20O4. The summed E-state index contributed by atoms with van der Waals surface area (Å²) in [4.78, 5) is 10.7. The number of hydrogen-bond acceptors (Lipinski definition) is 3. The van der Waals surface area contributed by atoms with Crippen molar-refractivity contribution in [3.8, 4) is 5.75 Å². The average Bonchev–Trinajstić information content (AvgIpc) is 2.35. The fourth-order valence-electron chi connectivity index (χ4n) is 1.70. The molecule has 0 aromatic heterocycles. The first-order valence-corrected chi connectivity index (χ1v) is 6.27. The van der Waals surface area contributed by atoms with E-state index >= 15 is 0 Å². The van der Waals surface area contributed by atoms with Crippen LogP contribution in [-0.2, 0) is 11.2 Å². The molecular weight excluding hydrogens is 232 g/mol. The highest BCUT2D eigenvalue weighted by Crippen LogP contribution is 2.19. The quantitative estimate of drug-likeness (QED) is 0.661. The lowest BCUT2D eigenvalue weighted by atomic mass is 10.1. The molecule has 18 heavy (non-hydrogen) atoms. The van der Waals surface area contributed by atoms with Crippen LogP contribution in [0.3, 0.4) is 0 Å². The Kier molecular flexibility index (Phi) is 6.87. The second-order valence-electron chi connectivity index (χ2n) is 4.16. The second-order valence-corrected chi connectivity index (χ2v) is 4.16. The molecule has 1 rings (SSSR count). The highest BCUT2D eigenvalue weighted by atomic mass is 16.5. The van der Waals surface area contributed by atoms with Crippen molar-refractivity contribution >= 4 is 5.97 Å². The van der Waals surface area contributed by atoms with Crippen LogP contribution in [0, 0.1) is 0 Å². The molecule has 100 valence electrons. The Morgan fingerprint density at radius 2 is 1.83 bits per heavy atom. The number of unbranched alkanes of at least 4 members (excludes halogenated alkanes) is 3. The smallest absolute Gasteiger partial charge is 0.307 e. The molecule has 0 atom stereocenters. The Balaban J connectivity index is 2.34. The van der Waals surface area contributed by atoms with Gasteiger partial charge in [0.15, 0.2) is 0 Å². The van der Waals surface area contributed by atoms with E-state index in [9.17, 15) is 4.79 Å². The maximum absolute atomic E-state index is 10.7. The van der Waals surface area contributed by atoms with E-state index in [4.69, 9.17) is 14.9 Å². The topological polar surface area (TPSA) is 66.8 Å². The summed E-state index contributed by atoms with van der Waals surface area (Å²) in [5.41, 5.74) is 0.709. The van der Waals surface area contributed by atoms with E-state index in [1.54, 1.807) is 12.1 Å². The molecule has 0 unspecified atom stereocenters. The molecule has 0 fully saturated rings. The molecule has 0 aliphatic heterocycles. The lowest BCUT2D eigenvalue weighted by Crippen LogP contribution is -2.05. The molecule has 0 amide bonds. The molecule has 0 aliphatic carbocycles. The molecule has 2 N–H and O–H groups in total. The number of benzene rings is 1. The van der Waals surface area contributed by atoms with Crippen LogP contribution in [0.2, 0.25) is 0 Å². The molecule has 0 heterocycles. The van der Waals surface area contributed by atoms with Crippen molar-refractivity contribution in [2.24, 2.45) is 0 Å². The number of ether oxygens (including phenoxy) is 1. The number of aliphatic carboxylic acids is 1. The van der Waals surface area contributed by atoms with E-state index < -0.39 is 5.97 Å². The van der Waals surface area contributed by atoms with Gasteiger partial charge in [0.25, 0.3) is 0 Å². The second kappa shape index (κ2) is 8.53. The molecule has 4 nitrogen and oxygen atoms in total. The van der Waals surface area contributed by atoms with Gasteiger partial charge in [-0.05, 0) is 25.3 Å². The normalized spacial score (nSPS) is 10.3. The van der Waals surface area contributed by atoms with E-state index in [1.165, 1.54) is 0 Å². The molecule has 0 bridgehead atoms. The minimum absolute atomic E-state index is 0.0132. The van der Waals surface area contributed by atoms with Gasteiger partial charge in [0.1, 0.15) is 5.75 Å². The van der Waals surface area contributed by atoms with E-state index in [-0.39, 0.29) is 13.0 Å². The van der Waals surface area contributed by atoms with Crippen LogP contribution in [0.15, 0.2) is 24.3 Å². The standard InChI is InChI=1S/C14H20O4/c15-9-5-1-2-6-10-18-13-8-4-3-7-12(13)11-14(16)17/h3-4,7-8,15H,1-2,5-6,9-11H2,(H,16,17). The summed E-state index contributed by atoms with van der Waals surface area (Å²) in [6, 6.07) is 7.22. The van der Waals surface area contributed by atoms with Crippen LogP contribution in [-0.4, -0.2) is 29.4 Å². The third-order valence-electron chi connectivity index (χ3n) is 2.62. The number of aliphatic hydroxyl groups excluding tert-OH is 1. The minimum Gasteiger partial charge on any atom is -0.493 e. The lowest BCUT2D eigenvalue weighted by molar-refractivity contribution is -0.136. The van der Waals surface area contributed by atoms with Gasteiger partial charge >= 0.3 is 5.97 Å². The number of carboxylic acids is 1. The maximum Gasteiger partial charge on any atom is 0.307 e. The predicted octanol–water partition coefficient (Wildman–Crippen LogP) is 2.25. The van der Waals surface area contributed by atoms with Crippen LogP contribution >= 0.6 is 0 Å². The van der Waals surface area contributed by atoms with Crippen LogP contribution < -0.4 is 4.74 Å². The van der Waals surface area contributed by atoms with Crippen molar-refractivity contribution < 1.29 is 19.7 Å². The zero-order valence-electron chi connectivity index (χ0n) is 10.5. The van der Waals surface area contributed by atoms with Crippen LogP contribution in [0.25, 0.3) is 0 Å². The fourth-order valence-corrected chi connectivity index (χ4v) is 1.70. The van der Waals surface area contributed by atoms with Gasteiger partial charge in [-0.2, -0.15) is 0 Å². The van der Waals surface area contributed by atoms with E-state index in [0.717, 1.165) is 25.7 Å². The summed E-state index contributed by atoms with van der Waals surface area (Å²) in [6.07, 6.45) is 3.75. The maximum atomic E-state index is 10.7. The largest absolute Gasteiger partial charge is 0.493 e. The summed E-state index contributed by atoms with van der Waals surface area (Å²) in [5, 5.41) is 17.4. The first-order valence-electron chi connectivity index (χ1n) is 6.27. The van der Waals surface area contributed by atoms with Gasteiger partial charge in [-0.1, -0.05) is 24.6 Å². The lowest BCUT2D eigenvalue weighted by Gasteiger charge is -2.10. The number of carbonyl (C=O) groups is 1. The Hall–Kier alpha value is -1.55. The van der Waals surface area contributed by atoms with E-state index in [1.807, 2.05) is 12.1 Å². The number of carboxylic acid groups (broad SMARTS) is 1. The number of para-hydroxylation sites is 1. The van der Waals surface area contributed by atoms with Gasteiger partial charge in [0, 0.05) is 12.2 Å². The van der Waals surface area contributed by atoms with Crippen LogP contribution in [0.1, 0.15) is 31.2 Å². The van der Waals surface area contributed by atoms with Gasteiger partial charge < -0.3 is 14.9 Å². The Morgan fingerprint density at radius 1 is 1.11 bits per heavy atom. The summed E-state index contributed by atoms with van der Waals surface area (Å²) < 4.78 is 5.59. The zero-order chi connectivity index (χ0) is 13.2. The van der Waals surface area contributed by atoms with Crippen molar-refractivity contribution in [3.63, 3.8) is 0 Å². The minimum atomic E-state index is -0.853. The molecule has 0 saturated heterocycles. The predicted molar refractivity (Wildman–Crippen MR) is 68.8 cm³/mol. The van der Waals surface area contributed by atoms with Gasteiger partial charge in [-0.3, -0.25) is 4.79 Å². The van der Waals surface area contributed by atoms with Crippen molar-refractivity contribution in [3.05, 3.63) is 29.8 Å². The highest BCUT2D eigenvalue weighted by Gasteiger charge is 2.06.